The van der Waals surface area contributed by atoms with Crippen molar-refractivity contribution in [1.29, 1.82) is 0 Å². The molecular formula is C24H28N2O6S. The summed E-state index contributed by atoms with van der Waals surface area (Å²) >= 11 is 1.50. The first kappa shape index (κ1) is 24.6. The Morgan fingerprint density at radius 2 is 2.00 bits per heavy atom. The highest BCUT2D eigenvalue weighted by atomic mass is 32.2. The van der Waals surface area contributed by atoms with Crippen molar-refractivity contribution in [3.05, 3.63) is 53.3 Å². The third-order valence-corrected chi connectivity index (χ3v) is 6.14. The molecule has 176 valence electrons. The Labute approximate surface area is 197 Å². The van der Waals surface area contributed by atoms with Crippen LogP contribution in [0.25, 0.3) is 0 Å². The van der Waals surface area contributed by atoms with Crippen LogP contribution >= 0.6 is 11.8 Å². The molecule has 33 heavy (non-hydrogen) atoms. The summed E-state index contributed by atoms with van der Waals surface area (Å²) < 4.78 is 16.3. The Morgan fingerprint density at radius 3 is 2.70 bits per heavy atom. The van der Waals surface area contributed by atoms with Crippen LogP contribution < -0.4 is 14.8 Å². The minimum atomic E-state index is -0.929. The third kappa shape index (κ3) is 5.84. The number of ether oxygens (including phenoxy) is 3. The van der Waals surface area contributed by atoms with Crippen molar-refractivity contribution in [3.63, 3.8) is 0 Å². The van der Waals surface area contributed by atoms with E-state index in [9.17, 15) is 14.4 Å². The van der Waals surface area contributed by atoms with Crippen molar-refractivity contribution in [3.8, 4) is 11.5 Å². The molecular weight excluding hydrogens is 444 g/mol. The fourth-order valence-electron chi connectivity index (χ4n) is 3.68. The van der Waals surface area contributed by atoms with Gasteiger partial charge >= 0.3 is 11.9 Å². The number of hydrogen-bond donors (Lipinski definition) is 1. The van der Waals surface area contributed by atoms with Crippen LogP contribution in [-0.4, -0.2) is 54.1 Å². The fourth-order valence-corrected chi connectivity index (χ4v) is 4.05. The van der Waals surface area contributed by atoms with E-state index in [2.05, 4.69) is 10.3 Å². The minimum Gasteiger partial charge on any atom is -0.493 e. The molecule has 0 radical (unpaired) electrons. The van der Waals surface area contributed by atoms with Gasteiger partial charge in [0.25, 0.3) is 5.91 Å². The minimum absolute atomic E-state index is 0.0698. The second kappa shape index (κ2) is 11.2. The lowest BCUT2D eigenvalue weighted by atomic mass is 10.0. The quantitative estimate of drug-likeness (QED) is 0.555. The first-order valence-corrected chi connectivity index (χ1v) is 12.1. The van der Waals surface area contributed by atoms with Crippen LogP contribution in [0, 0.1) is 0 Å². The summed E-state index contributed by atoms with van der Waals surface area (Å²) in [5.74, 6) is -0.963. The van der Waals surface area contributed by atoms with E-state index >= 15 is 0 Å². The van der Waals surface area contributed by atoms with Gasteiger partial charge in [-0.2, -0.15) is 11.8 Å². The van der Waals surface area contributed by atoms with Gasteiger partial charge in [0.05, 0.1) is 13.5 Å². The number of rotatable bonds is 9. The Kier molecular flexibility index (Phi) is 8.32. The van der Waals surface area contributed by atoms with Gasteiger partial charge in [-0.3, -0.25) is 9.59 Å². The van der Waals surface area contributed by atoms with Gasteiger partial charge in [0, 0.05) is 30.4 Å². The Bertz CT molecular complexity index is 1030. The molecule has 0 aliphatic heterocycles. The Morgan fingerprint density at radius 1 is 1.24 bits per heavy atom. The number of nitrogens with one attached hydrogen (secondary N) is 1. The van der Waals surface area contributed by atoms with Gasteiger partial charge in [0.15, 0.2) is 11.4 Å². The molecule has 1 N–H and O–H groups in total. The van der Waals surface area contributed by atoms with E-state index in [-0.39, 0.29) is 35.6 Å². The molecule has 3 atom stereocenters. The van der Waals surface area contributed by atoms with Crippen LogP contribution in [-0.2, 0) is 20.7 Å². The average molecular weight is 473 g/mol. The Hall–Kier alpha value is -3.07. The van der Waals surface area contributed by atoms with Crippen LogP contribution in [0.4, 0.5) is 0 Å². The molecule has 2 aromatic rings. The molecule has 0 saturated carbocycles. The maximum Gasteiger partial charge on any atom is 0.328 e. The number of methoxy groups -OCH3 is 1. The van der Waals surface area contributed by atoms with Crippen molar-refractivity contribution in [2.45, 2.75) is 44.8 Å². The lowest BCUT2D eigenvalue weighted by Gasteiger charge is -2.20. The molecule has 1 aliphatic carbocycles. The number of aromatic nitrogens is 1. The number of thioether (sulfide) groups is 1. The van der Waals surface area contributed by atoms with Gasteiger partial charge in [0.1, 0.15) is 12.1 Å². The van der Waals surface area contributed by atoms with Gasteiger partial charge in [-0.05, 0) is 24.3 Å². The lowest BCUT2D eigenvalue weighted by molar-refractivity contribution is -0.151. The maximum atomic E-state index is 12.9. The normalized spacial score (nSPS) is 17.6. The lowest BCUT2D eigenvalue weighted by Crippen LogP contribution is -2.41. The smallest absolute Gasteiger partial charge is 0.328 e. The average Bonchev–Trinajstić information content (AvgIpc) is 3.12. The van der Waals surface area contributed by atoms with E-state index in [1.165, 1.54) is 43.6 Å². The van der Waals surface area contributed by atoms with Gasteiger partial charge in [0.2, 0.25) is 5.75 Å². The molecule has 0 unspecified atom stereocenters. The summed E-state index contributed by atoms with van der Waals surface area (Å²) in [7, 11) is 1.40. The van der Waals surface area contributed by atoms with Crippen LogP contribution in [0.3, 0.4) is 0 Å². The van der Waals surface area contributed by atoms with Crippen molar-refractivity contribution in [2.75, 3.05) is 19.1 Å². The van der Waals surface area contributed by atoms with Crippen LogP contribution in [0.5, 0.6) is 11.5 Å². The Balaban J connectivity index is 1.67. The predicted molar refractivity (Wildman–Crippen MR) is 125 cm³/mol. The molecule has 0 saturated heterocycles. The van der Waals surface area contributed by atoms with E-state index in [1.807, 2.05) is 37.4 Å². The number of pyridine rings is 1. The van der Waals surface area contributed by atoms with E-state index in [0.717, 1.165) is 5.56 Å². The fraction of sp³-hybridized carbons (Fsp3) is 0.417. The summed E-state index contributed by atoms with van der Waals surface area (Å²) in [6.07, 6.45) is 3.76. The molecule has 1 heterocycles. The molecule has 0 spiro atoms. The molecule has 1 amide bonds. The summed E-state index contributed by atoms with van der Waals surface area (Å²) in [6.45, 7) is 3.56. The monoisotopic (exact) mass is 472 g/mol. The number of fused-ring (bicyclic) bond motifs is 1. The molecule has 8 nitrogen and oxygen atoms in total. The predicted octanol–water partition coefficient (Wildman–Crippen LogP) is 3.14. The van der Waals surface area contributed by atoms with Gasteiger partial charge in [-0.1, -0.05) is 31.2 Å². The van der Waals surface area contributed by atoms with Crippen molar-refractivity contribution < 1.29 is 28.6 Å². The highest BCUT2D eigenvalue weighted by Gasteiger charge is 2.33. The third-order valence-electron chi connectivity index (χ3n) is 5.52. The summed E-state index contributed by atoms with van der Waals surface area (Å²) in [6, 6.07) is 8.56. The van der Waals surface area contributed by atoms with E-state index in [4.69, 9.17) is 14.2 Å². The first-order valence-electron chi connectivity index (χ1n) is 10.7. The summed E-state index contributed by atoms with van der Waals surface area (Å²) in [5, 5.41) is 2.59. The summed E-state index contributed by atoms with van der Waals surface area (Å²) in [4.78, 5) is 41.8. The maximum absolute atomic E-state index is 12.9. The molecule has 1 aliphatic rings. The number of amides is 1. The van der Waals surface area contributed by atoms with Crippen molar-refractivity contribution >= 4 is 29.6 Å². The highest BCUT2D eigenvalue weighted by molar-refractivity contribution is 7.98. The number of benzene rings is 1. The van der Waals surface area contributed by atoms with Crippen molar-refractivity contribution in [2.24, 2.45) is 0 Å². The highest BCUT2D eigenvalue weighted by Crippen LogP contribution is 2.35. The largest absolute Gasteiger partial charge is 0.493 e. The standard InChI is InChI=1S/C24H28N2O6S/c1-14-17-8-6-5-7-16(17)13-19(14)31-24(29)15(2)26-23(28)21-22(18(30-3)9-11-25-21)32-20(27)10-12-33-4/h5-9,11,14-15,19H,10,12-13H2,1-4H3,(H,26,28)/t14-,15+,19-/m1/s1. The SMILES string of the molecule is COc1ccnc(C(=O)N[C@@H](C)C(=O)O[C@@H]2Cc3ccccc3[C@H]2C)c1OC(=O)CCSC. The zero-order valence-corrected chi connectivity index (χ0v) is 19.9. The van der Waals surface area contributed by atoms with Gasteiger partial charge in [-0.25, -0.2) is 9.78 Å². The number of hydrogen-bond acceptors (Lipinski definition) is 8. The molecule has 0 bridgehead atoms. The summed E-state index contributed by atoms with van der Waals surface area (Å²) in [5.41, 5.74) is 2.18. The first-order chi connectivity index (χ1) is 15.8. The second-order valence-electron chi connectivity index (χ2n) is 7.77. The molecule has 1 aromatic heterocycles. The number of esters is 2. The topological polar surface area (TPSA) is 104 Å². The van der Waals surface area contributed by atoms with Gasteiger partial charge < -0.3 is 19.5 Å². The van der Waals surface area contributed by atoms with E-state index in [0.29, 0.717) is 12.2 Å². The molecule has 1 aromatic carbocycles. The van der Waals surface area contributed by atoms with E-state index < -0.39 is 23.9 Å². The number of nitrogens with zero attached hydrogens (tertiary/aromatic N) is 1. The zero-order chi connectivity index (χ0) is 24.0. The van der Waals surface area contributed by atoms with Gasteiger partial charge in [-0.15, -0.1) is 0 Å². The molecule has 3 rings (SSSR count). The van der Waals surface area contributed by atoms with Crippen LogP contribution in [0.2, 0.25) is 0 Å². The number of carbonyl (C=O) groups excluding carboxylic acids is 3. The second-order valence-corrected chi connectivity index (χ2v) is 8.76. The molecule has 0 fully saturated rings. The van der Waals surface area contributed by atoms with E-state index in [1.54, 1.807) is 0 Å². The van der Waals surface area contributed by atoms with Crippen LogP contribution in [0.15, 0.2) is 36.5 Å². The van der Waals surface area contributed by atoms with Crippen LogP contribution in [0.1, 0.15) is 47.8 Å². The van der Waals surface area contributed by atoms with Crippen molar-refractivity contribution in [1.82, 2.24) is 10.3 Å². The zero-order valence-electron chi connectivity index (χ0n) is 19.1. The molecule has 9 heteroatoms. The number of carbonyl (C=O) groups is 3.